The number of nitrogens with two attached hydrogens (primary N) is 1. The molecule has 5 atom stereocenters. The van der Waals surface area contributed by atoms with Gasteiger partial charge in [0.15, 0.2) is 0 Å². The molecule has 2 aliphatic carbocycles. The number of amides is 5. The lowest BCUT2D eigenvalue weighted by atomic mass is 10.1. The number of benzene rings is 1. The largest absolute Gasteiger partial charge is 0.444 e. The Bertz CT molecular complexity index is 1660. The molecule has 1 saturated heterocycles. The van der Waals surface area contributed by atoms with Gasteiger partial charge in [0.05, 0.1) is 24.9 Å². The van der Waals surface area contributed by atoms with Gasteiger partial charge in [-0.15, -0.1) is 0 Å². The Labute approximate surface area is 296 Å². The van der Waals surface area contributed by atoms with Crippen LogP contribution < -0.4 is 15.8 Å². The fraction of sp³-hybridized carbons (Fsp3) is 0.618. The number of likely N-dealkylation sites (tertiary alicyclic amines) is 1. The third kappa shape index (κ3) is 10.2. The average molecular weight is 736 g/mol. The summed E-state index contributed by atoms with van der Waals surface area (Å²) in [5.74, 6) is -2.78. The first-order chi connectivity index (χ1) is 24.0. The Balaban J connectivity index is 1.11. The van der Waals surface area contributed by atoms with Crippen LogP contribution in [0, 0.1) is 17.7 Å². The van der Waals surface area contributed by atoms with Crippen molar-refractivity contribution < 1.29 is 51.0 Å². The molecule has 4 N–H and O–H groups in total. The summed E-state index contributed by atoms with van der Waals surface area (Å²) >= 11 is 0. The van der Waals surface area contributed by atoms with Crippen LogP contribution in [0.2, 0.25) is 0 Å². The number of nitrogens with zero attached hydrogens (tertiary/aromatic N) is 2. The summed E-state index contributed by atoms with van der Waals surface area (Å²) in [5.41, 5.74) is 5.84. The molecule has 1 aromatic carbocycles. The van der Waals surface area contributed by atoms with E-state index in [4.69, 9.17) is 19.9 Å². The van der Waals surface area contributed by atoms with Crippen LogP contribution in [0.1, 0.15) is 70.4 Å². The fourth-order valence-corrected chi connectivity index (χ4v) is 7.48. The second-order valence-corrected chi connectivity index (χ2v) is 16.4. The van der Waals surface area contributed by atoms with E-state index in [-0.39, 0.29) is 51.1 Å². The van der Waals surface area contributed by atoms with Crippen molar-refractivity contribution in [3.05, 3.63) is 47.3 Å². The number of carbonyl (C=O) groups is 5. The lowest BCUT2D eigenvalue weighted by Gasteiger charge is -2.28. The summed E-state index contributed by atoms with van der Waals surface area (Å²) in [6, 6.07) is 2.21. The molecule has 4 aliphatic rings. The summed E-state index contributed by atoms with van der Waals surface area (Å²) in [7, 11) is -3.57. The molecule has 0 radical (unpaired) electrons. The molecule has 1 aromatic rings. The van der Waals surface area contributed by atoms with Gasteiger partial charge >= 0.3 is 12.2 Å². The van der Waals surface area contributed by atoms with E-state index in [9.17, 15) is 36.8 Å². The second-order valence-electron chi connectivity index (χ2n) is 14.4. The molecular formula is C34H46FN5O10S. The number of allylic oxidation sites excluding steroid dienone is 2. The molecule has 3 fully saturated rings. The number of hydrogen-bond acceptors (Lipinski definition) is 10. The van der Waals surface area contributed by atoms with Crippen molar-refractivity contribution >= 4 is 39.9 Å². The number of halogens is 1. The predicted molar refractivity (Wildman–Crippen MR) is 179 cm³/mol. The SMILES string of the molecule is CC(C)(C)OC(=O)N[C@@H](COCCC/C=C\[C@@H]1C[C@@H]1C(=O)NS(=O)(=O)C1CC1)C(=O)N1C[C@H](OC(=O)N2Cc3cccc(F)c3C2)C[C@H]1C(N)=O. The van der Waals surface area contributed by atoms with E-state index >= 15 is 0 Å². The Kier molecular flexibility index (Phi) is 11.6. The minimum absolute atomic E-state index is 0.0233. The smallest absolute Gasteiger partial charge is 0.410 e. The molecular weight excluding hydrogens is 689 g/mol. The first-order valence-corrected chi connectivity index (χ1v) is 18.7. The number of fused-ring (bicyclic) bond motifs is 1. The highest BCUT2D eigenvalue weighted by Gasteiger charge is 2.46. The maximum atomic E-state index is 14.2. The third-order valence-electron chi connectivity index (χ3n) is 9.02. The van der Waals surface area contributed by atoms with Crippen LogP contribution in [0.15, 0.2) is 30.4 Å². The minimum atomic E-state index is -3.57. The number of ether oxygens (including phenoxy) is 3. The molecule has 0 unspecified atom stereocenters. The number of alkyl carbamates (subject to hydrolysis) is 1. The molecule has 51 heavy (non-hydrogen) atoms. The zero-order chi connectivity index (χ0) is 37.1. The summed E-state index contributed by atoms with van der Waals surface area (Å²) < 4.78 is 57.1. The van der Waals surface area contributed by atoms with Gasteiger partial charge in [-0.3, -0.25) is 24.0 Å². The van der Waals surface area contributed by atoms with Crippen LogP contribution in [0.4, 0.5) is 14.0 Å². The van der Waals surface area contributed by atoms with Crippen molar-refractivity contribution in [1.82, 2.24) is 19.8 Å². The Hall–Kier alpha value is -4.25. The van der Waals surface area contributed by atoms with Crippen molar-refractivity contribution in [2.24, 2.45) is 17.6 Å². The molecule has 17 heteroatoms. The number of nitrogens with one attached hydrogen (secondary N) is 2. The van der Waals surface area contributed by atoms with Crippen molar-refractivity contribution in [3.8, 4) is 0 Å². The minimum Gasteiger partial charge on any atom is -0.444 e. The number of rotatable bonds is 14. The quantitative estimate of drug-likeness (QED) is 0.188. The number of unbranched alkanes of at least 4 members (excludes halogenated alkanes) is 1. The summed E-state index contributed by atoms with van der Waals surface area (Å²) in [6.45, 7) is 4.94. The highest BCUT2D eigenvalue weighted by atomic mass is 32.2. The Morgan fingerprint density at radius 2 is 1.86 bits per heavy atom. The predicted octanol–water partition coefficient (Wildman–Crippen LogP) is 2.22. The average Bonchev–Trinajstić information content (AvgIpc) is 3.95. The maximum Gasteiger partial charge on any atom is 0.410 e. The maximum absolute atomic E-state index is 14.2. The van der Waals surface area contributed by atoms with Gasteiger partial charge in [0.25, 0.3) is 0 Å². The molecule has 280 valence electrons. The number of hydrogen-bond donors (Lipinski definition) is 3. The third-order valence-corrected chi connectivity index (χ3v) is 10.9. The van der Waals surface area contributed by atoms with Crippen LogP contribution in [-0.2, 0) is 51.7 Å². The summed E-state index contributed by atoms with van der Waals surface area (Å²) in [5, 5.41) is 2.06. The Morgan fingerprint density at radius 3 is 2.53 bits per heavy atom. The normalized spacial score (nSPS) is 23.5. The molecule has 0 spiro atoms. The first-order valence-electron chi connectivity index (χ1n) is 17.1. The molecule has 2 heterocycles. The fourth-order valence-electron chi connectivity index (χ4n) is 6.13. The van der Waals surface area contributed by atoms with Gasteiger partial charge in [-0.2, -0.15) is 0 Å². The van der Waals surface area contributed by atoms with Crippen LogP contribution in [0.3, 0.4) is 0 Å². The van der Waals surface area contributed by atoms with E-state index in [1.54, 1.807) is 32.9 Å². The van der Waals surface area contributed by atoms with Crippen LogP contribution in [-0.4, -0.2) is 96.9 Å². The van der Waals surface area contributed by atoms with Crippen molar-refractivity contribution in [2.75, 3.05) is 19.8 Å². The monoisotopic (exact) mass is 735 g/mol. The molecule has 0 aromatic heterocycles. The van der Waals surface area contributed by atoms with Gasteiger partial charge in [-0.1, -0.05) is 24.3 Å². The topological polar surface area (TPSA) is 204 Å². The van der Waals surface area contributed by atoms with E-state index < -0.39 is 74.8 Å². The van der Waals surface area contributed by atoms with E-state index in [1.165, 1.54) is 11.0 Å². The zero-order valence-corrected chi connectivity index (χ0v) is 29.8. The standard InChI is InChI=1S/C34H46FN5O10S/c1-34(2,3)50-32(44)37-27(19-48-13-6-4-5-8-20-14-24(20)30(42)38-51(46,47)23-11-12-23)31(43)40-17-22(15-28(40)29(36)41)49-33(45)39-16-21-9-7-10-26(35)25(21)18-39/h5,7-10,20,22-24,27-28H,4,6,11-19H2,1-3H3,(H2,36,41)(H,37,44)(H,38,42)/b8-5-/t20-,22-,24+,27+,28+/m1/s1. The number of carbonyl (C=O) groups excluding carboxylic acids is 5. The van der Waals surface area contributed by atoms with E-state index in [2.05, 4.69) is 10.0 Å². The molecule has 2 saturated carbocycles. The van der Waals surface area contributed by atoms with E-state index in [1.807, 2.05) is 12.2 Å². The summed E-state index contributed by atoms with van der Waals surface area (Å²) in [4.78, 5) is 66.6. The molecule has 15 nitrogen and oxygen atoms in total. The lowest BCUT2D eigenvalue weighted by molar-refractivity contribution is -0.140. The van der Waals surface area contributed by atoms with E-state index in [0.717, 1.165) is 4.90 Å². The molecule has 2 aliphatic heterocycles. The summed E-state index contributed by atoms with van der Waals surface area (Å²) in [6.07, 6.45) is 4.08. The van der Waals surface area contributed by atoms with Crippen molar-refractivity contribution in [1.29, 1.82) is 0 Å². The molecule has 0 bridgehead atoms. The number of sulfonamides is 1. The van der Waals surface area contributed by atoms with Crippen molar-refractivity contribution in [3.63, 3.8) is 0 Å². The van der Waals surface area contributed by atoms with Gasteiger partial charge in [-0.25, -0.2) is 22.4 Å². The Morgan fingerprint density at radius 1 is 1.12 bits per heavy atom. The van der Waals surface area contributed by atoms with Crippen LogP contribution in [0.25, 0.3) is 0 Å². The molecule has 5 rings (SSSR count). The second kappa shape index (κ2) is 15.6. The zero-order valence-electron chi connectivity index (χ0n) is 29.0. The van der Waals surface area contributed by atoms with Crippen molar-refractivity contribution in [2.45, 2.75) is 101 Å². The van der Waals surface area contributed by atoms with Gasteiger partial charge in [0.1, 0.15) is 29.6 Å². The first kappa shape index (κ1) is 38.0. The van der Waals surface area contributed by atoms with Crippen LogP contribution in [0.5, 0.6) is 0 Å². The van der Waals surface area contributed by atoms with Crippen LogP contribution >= 0.6 is 0 Å². The van der Waals surface area contributed by atoms with Gasteiger partial charge in [0.2, 0.25) is 27.7 Å². The molecule has 5 amide bonds. The van der Waals surface area contributed by atoms with Gasteiger partial charge in [0, 0.05) is 31.1 Å². The van der Waals surface area contributed by atoms with Gasteiger partial charge in [-0.05, 0) is 70.4 Å². The lowest BCUT2D eigenvalue weighted by Crippen LogP contribution is -2.55. The highest BCUT2D eigenvalue weighted by molar-refractivity contribution is 7.90. The van der Waals surface area contributed by atoms with E-state index in [0.29, 0.717) is 43.2 Å². The highest BCUT2D eigenvalue weighted by Crippen LogP contribution is 2.40. The van der Waals surface area contributed by atoms with Gasteiger partial charge < -0.3 is 30.2 Å². The number of primary amides is 1.